The molecule has 1 N–H and O–H groups in total. The Labute approximate surface area is 228 Å². The molecule has 0 spiro atoms. The summed E-state index contributed by atoms with van der Waals surface area (Å²) in [7, 11) is -3.85. The fourth-order valence-corrected chi connectivity index (χ4v) is 5.42. The zero-order valence-electron chi connectivity index (χ0n) is 20.9. The first kappa shape index (κ1) is 30.2. The van der Waals surface area contributed by atoms with E-state index in [9.17, 15) is 18.0 Å². The van der Waals surface area contributed by atoms with Crippen LogP contribution in [-0.4, -0.2) is 50.5 Å². The van der Waals surface area contributed by atoms with Crippen LogP contribution in [0.5, 0.6) is 0 Å². The van der Waals surface area contributed by atoms with E-state index in [2.05, 4.69) is 5.32 Å². The molecular weight excluding hydrogens is 545 g/mol. The van der Waals surface area contributed by atoms with Crippen molar-refractivity contribution in [3.8, 4) is 0 Å². The summed E-state index contributed by atoms with van der Waals surface area (Å²) in [6, 6.07) is 8.86. The van der Waals surface area contributed by atoms with Crippen LogP contribution in [0.1, 0.15) is 44.2 Å². The fraction of sp³-hybridized carbons (Fsp3) is 0.440. The van der Waals surface area contributed by atoms with Gasteiger partial charge in [0.1, 0.15) is 12.6 Å². The lowest BCUT2D eigenvalue weighted by Crippen LogP contribution is -2.52. The summed E-state index contributed by atoms with van der Waals surface area (Å²) < 4.78 is 26.5. The summed E-state index contributed by atoms with van der Waals surface area (Å²) >= 11 is 18.8. The van der Waals surface area contributed by atoms with E-state index in [1.54, 1.807) is 50.2 Å². The van der Waals surface area contributed by atoms with Gasteiger partial charge in [0.2, 0.25) is 21.8 Å². The topological polar surface area (TPSA) is 86.8 Å². The number of unbranched alkanes of at least 4 members (excludes halogenated alkanes) is 1. The molecule has 1 atom stereocenters. The first-order valence-corrected chi connectivity index (χ1v) is 14.6. The highest BCUT2D eigenvalue weighted by atomic mass is 35.5. The first-order valence-electron chi connectivity index (χ1n) is 11.6. The van der Waals surface area contributed by atoms with E-state index >= 15 is 0 Å². The second-order valence-electron chi connectivity index (χ2n) is 8.49. The minimum absolute atomic E-state index is 0.0613. The van der Waals surface area contributed by atoms with Crippen LogP contribution in [-0.2, 0) is 26.2 Å². The number of nitrogens with zero attached hydrogens (tertiary/aromatic N) is 2. The van der Waals surface area contributed by atoms with Crippen molar-refractivity contribution in [2.45, 2.75) is 52.6 Å². The van der Waals surface area contributed by atoms with Crippen LogP contribution in [0, 0.1) is 6.92 Å². The van der Waals surface area contributed by atoms with E-state index in [4.69, 9.17) is 34.8 Å². The number of benzene rings is 2. The summed E-state index contributed by atoms with van der Waals surface area (Å²) in [4.78, 5) is 28.2. The Morgan fingerprint density at radius 2 is 1.69 bits per heavy atom. The largest absolute Gasteiger partial charge is 0.354 e. The molecule has 11 heteroatoms. The molecule has 0 saturated carbocycles. The Morgan fingerprint density at radius 3 is 2.22 bits per heavy atom. The number of hydrogen-bond acceptors (Lipinski definition) is 4. The van der Waals surface area contributed by atoms with Crippen molar-refractivity contribution in [3.63, 3.8) is 0 Å². The Bertz CT molecular complexity index is 1170. The van der Waals surface area contributed by atoms with E-state index in [0.29, 0.717) is 44.8 Å². The molecule has 0 aliphatic carbocycles. The molecule has 0 aromatic heterocycles. The molecule has 36 heavy (non-hydrogen) atoms. The molecule has 2 aromatic rings. The third-order valence-electron chi connectivity index (χ3n) is 5.71. The number of aryl methyl sites for hydroxylation is 1. The maximum atomic E-state index is 13.7. The zero-order chi connectivity index (χ0) is 27.0. The highest BCUT2D eigenvalue weighted by Crippen LogP contribution is 2.29. The monoisotopic (exact) mass is 575 g/mol. The minimum atomic E-state index is -3.85. The SMILES string of the molecule is CCCCNC(=O)[C@@H](CC)N(Cc1c(Cl)cccc1Cl)C(=O)CN(c1ccc(Cl)cc1C)S(C)(=O)=O. The van der Waals surface area contributed by atoms with E-state index in [1.165, 1.54) is 4.90 Å². The lowest BCUT2D eigenvalue weighted by molar-refractivity contribution is -0.140. The van der Waals surface area contributed by atoms with Gasteiger partial charge in [-0.2, -0.15) is 0 Å². The Kier molecular flexibility index (Phi) is 11.3. The maximum absolute atomic E-state index is 13.7. The van der Waals surface area contributed by atoms with Crippen LogP contribution < -0.4 is 9.62 Å². The third kappa shape index (κ3) is 8.00. The fourth-order valence-electron chi connectivity index (χ4n) is 3.77. The van der Waals surface area contributed by atoms with Crippen LogP contribution in [0.25, 0.3) is 0 Å². The maximum Gasteiger partial charge on any atom is 0.244 e. The van der Waals surface area contributed by atoms with Gasteiger partial charge in [-0.25, -0.2) is 8.42 Å². The van der Waals surface area contributed by atoms with Gasteiger partial charge >= 0.3 is 0 Å². The second kappa shape index (κ2) is 13.5. The van der Waals surface area contributed by atoms with Crippen molar-refractivity contribution in [3.05, 3.63) is 62.6 Å². The average molecular weight is 577 g/mol. The van der Waals surface area contributed by atoms with Crippen molar-refractivity contribution < 1.29 is 18.0 Å². The molecule has 0 fully saturated rings. The Balaban J connectivity index is 2.50. The van der Waals surface area contributed by atoms with Gasteiger partial charge in [-0.05, 0) is 55.7 Å². The quantitative estimate of drug-likeness (QED) is 0.341. The van der Waals surface area contributed by atoms with Crippen molar-refractivity contribution in [1.29, 1.82) is 0 Å². The predicted octanol–water partition coefficient (Wildman–Crippen LogP) is 5.44. The summed E-state index contributed by atoms with van der Waals surface area (Å²) in [5, 5.41) is 4.00. The number of sulfonamides is 1. The van der Waals surface area contributed by atoms with Crippen molar-refractivity contribution in [1.82, 2.24) is 10.2 Å². The van der Waals surface area contributed by atoms with E-state index in [-0.39, 0.29) is 12.5 Å². The predicted molar refractivity (Wildman–Crippen MR) is 147 cm³/mol. The molecule has 0 radical (unpaired) electrons. The normalized spacial score (nSPS) is 12.2. The molecule has 2 rings (SSSR count). The van der Waals surface area contributed by atoms with Gasteiger partial charge in [-0.1, -0.05) is 61.1 Å². The molecule has 7 nitrogen and oxygen atoms in total. The van der Waals surface area contributed by atoms with Crippen molar-refractivity contribution >= 4 is 62.3 Å². The molecule has 0 aliphatic rings. The van der Waals surface area contributed by atoms with Gasteiger partial charge in [-0.15, -0.1) is 0 Å². The minimum Gasteiger partial charge on any atom is -0.354 e. The van der Waals surface area contributed by atoms with Gasteiger partial charge in [0.15, 0.2) is 0 Å². The molecular formula is C25H32Cl3N3O4S. The molecule has 2 amide bonds. The summed E-state index contributed by atoms with van der Waals surface area (Å²) in [6.45, 7) is 5.41. The van der Waals surface area contributed by atoms with Crippen LogP contribution in [0.4, 0.5) is 5.69 Å². The number of halogens is 3. The van der Waals surface area contributed by atoms with E-state index < -0.39 is 28.5 Å². The van der Waals surface area contributed by atoms with Crippen LogP contribution in [0.2, 0.25) is 15.1 Å². The smallest absolute Gasteiger partial charge is 0.244 e. The number of amides is 2. The van der Waals surface area contributed by atoms with Gasteiger partial charge in [0.25, 0.3) is 0 Å². The number of anilines is 1. The molecule has 0 aliphatic heterocycles. The molecule has 0 bridgehead atoms. The Hall–Kier alpha value is -2.00. The average Bonchev–Trinajstić information content (AvgIpc) is 2.79. The number of carbonyl (C=O) groups is 2. The number of nitrogens with one attached hydrogen (secondary N) is 1. The second-order valence-corrected chi connectivity index (χ2v) is 11.6. The number of hydrogen-bond donors (Lipinski definition) is 1. The van der Waals surface area contributed by atoms with Gasteiger partial charge in [0, 0.05) is 33.7 Å². The van der Waals surface area contributed by atoms with E-state index in [1.807, 2.05) is 6.92 Å². The van der Waals surface area contributed by atoms with Gasteiger partial charge in [-0.3, -0.25) is 13.9 Å². The van der Waals surface area contributed by atoms with Crippen molar-refractivity contribution in [2.24, 2.45) is 0 Å². The van der Waals surface area contributed by atoms with Crippen molar-refractivity contribution in [2.75, 3.05) is 23.7 Å². The summed E-state index contributed by atoms with van der Waals surface area (Å²) in [5.41, 5.74) is 1.39. The molecule has 198 valence electrons. The van der Waals surface area contributed by atoms with Crippen LogP contribution >= 0.6 is 34.8 Å². The Morgan fingerprint density at radius 1 is 1.06 bits per heavy atom. The first-order chi connectivity index (χ1) is 16.9. The van der Waals surface area contributed by atoms with Crippen LogP contribution in [0.3, 0.4) is 0 Å². The number of carbonyl (C=O) groups excluding carboxylic acids is 2. The lowest BCUT2D eigenvalue weighted by Gasteiger charge is -2.33. The summed E-state index contributed by atoms with van der Waals surface area (Å²) in [5.74, 6) is -0.890. The zero-order valence-corrected chi connectivity index (χ0v) is 23.9. The molecule has 0 saturated heterocycles. The summed E-state index contributed by atoms with van der Waals surface area (Å²) in [6.07, 6.45) is 3.03. The van der Waals surface area contributed by atoms with Gasteiger partial charge < -0.3 is 10.2 Å². The highest BCUT2D eigenvalue weighted by molar-refractivity contribution is 7.92. The third-order valence-corrected chi connectivity index (χ3v) is 7.78. The van der Waals surface area contributed by atoms with Gasteiger partial charge in [0.05, 0.1) is 11.9 Å². The molecule has 0 unspecified atom stereocenters. The highest BCUT2D eigenvalue weighted by Gasteiger charge is 2.32. The number of rotatable bonds is 12. The lowest BCUT2D eigenvalue weighted by atomic mass is 10.1. The molecule has 0 heterocycles. The van der Waals surface area contributed by atoms with Crippen LogP contribution in [0.15, 0.2) is 36.4 Å². The molecule has 2 aromatic carbocycles. The standard InChI is InChI=1S/C25H32Cl3N3O4S/c1-5-7-13-29-25(33)22(6-2)30(15-19-20(27)9-8-10-21(19)28)24(32)16-31(36(4,34)35)23-12-11-18(26)14-17(23)3/h8-12,14,22H,5-7,13,15-16H2,1-4H3,(H,29,33)/t22-/m1/s1. The van der Waals surface area contributed by atoms with E-state index in [0.717, 1.165) is 23.4 Å².